The van der Waals surface area contributed by atoms with E-state index in [1.165, 1.54) is 17.4 Å². The van der Waals surface area contributed by atoms with Crippen LogP contribution in [0, 0.1) is 0 Å². The van der Waals surface area contributed by atoms with E-state index in [0.717, 1.165) is 22.3 Å². The Hall–Kier alpha value is -5.23. The van der Waals surface area contributed by atoms with E-state index in [-0.39, 0.29) is 17.8 Å². The second kappa shape index (κ2) is 9.79. The Morgan fingerprint density at radius 1 is 0.595 bits per heavy atom. The number of anilines is 1. The van der Waals surface area contributed by atoms with Crippen molar-refractivity contribution >= 4 is 11.9 Å². The fraction of sp³-hybridized carbons (Fsp3) is 0. The number of hydrogen-bond donors (Lipinski definition) is 1. The van der Waals surface area contributed by atoms with Crippen LogP contribution in [0.4, 0.5) is 6.01 Å². The van der Waals surface area contributed by atoms with Crippen molar-refractivity contribution in [3.8, 4) is 45.0 Å². The zero-order valence-corrected chi connectivity index (χ0v) is 19.7. The second-order valence-corrected chi connectivity index (χ2v) is 8.45. The number of carbonyl (C=O) groups excluding carboxylic acids is 1. The Balaban J connectivity index is 1.19. The molecule has 6 aromatic rings. The molecule has 0 unspecified atom stereocenters. The average molecular weight is 484 g/mol. The highest BCUT2D eigenvalue weighted by atomic mass is 16.4. The molecule has 0 saturated heterocycles. The largest absolute Gasteiger partial charge is 0.459 e. The number of carbonyl (C=O) groups is 1. The quantitative estimate of drug-likeness (QED) is 0.264. The van der Waals surface area contributed by atoms with Crippen molar-refractivity contribution in [1.29, 1.82) is 0 Å². The number of rotatable bonds is 6. The van der Waals surface area contributed by atoms with E-state index in [9.17, 15) is 4.79 Å². The van der Waals surface area contributed by atoms with E-state index in [1.54, 1.807) is 18.2 Å². The van der Waals surface area contributed by atoms with Gasteiger partial charge < -0.3 is 8.83 Å². The molecule has 4 aromatic carbocycles. The number of amides is 1. The minimum atomic E-state index is -0.342. The highest BCUT2D eigenvalue weighted by Gasteiger charge is 2.15. The molecule has 0 spiro atoms. The van der Waals surface area contributed by atoms with Gasteiger partial charge in [-0.05, 0) is 63.7 Å². The van der Waals surface area contributed by atoms with Crippen molar-refractivity contribution in [2.45, 2.75) is 0 Å². The molecule has 0 fully saturated rings. The number of furan rings is 1. The fourth-order valence-corrected chi connectivity index (χ4v) is 4.15. The molecule has 0 radical (unpaired) electrons. The molecule has 2 aromatic heterocycles. The van der Waals surface area contributed by atoms with Crippen LogP contribution in [0.2, 0.25) is 0 Å². The van der Waals surface area contributed by atoms with Crippen LogP contribution in [0.1, 0.15) is 10.4 Å². The number of benzene rings is 4. The minimum Gasteiger partial charge on any atom is -0.459 e. The lowest BCUT2D eigenvalue weighted by Crippen LogP contribution is -2.12. The van der Waals surface area contributed by atoms with Gasteiger partial charge in [0, 0.05) is 5.56 Å². The summed E-state index contributed by atoms with van der Waals surface area (Å²) in [5.74, 6) is 0.291. The third kappa shape index (κ3) is 4.81. The smallest absolute Gasteiger partial charge is 0.322 e. The van der Waals surface area contributed by atoms with E-state index in [0.29, 0.717) is 11.3 Å². The highest BCUT2D eigenvalue weighted by Crippen LogP contribution is 2.29. The SMILES string of the molecule is O=C(Nc1nnc(-c2ccco2)o1)c1cccc(-c2ccc(-c3cccc(-c4ccccc4)c3)cc2)c1. The van der Waals surface area contributed by atoms with Gasteiger partial charge in [0.2, 0.25) is 0 Å². The van der Waals surface area contributed by atoms with Gasteiger partial charge in [-0.3, -0.25) is 10.1 Å². The van der Waals surface area contributed by atoms with Gasteiger partial charge in [0.1, 0.15) is 0 Å². The molecule has 37 heavy (non-hydrogen) atoms. The van der Waals surface area contributed by atoms with Crippen LogP contribution in [0.5, 0.6) is 0 Å². The van der Waals surface area contributed by atoms with E-state index in [2.05, 4.69) is 76.2 Å². The van der Waals surface area contributed by atoms with Gasteiger partial charge in [0.05, 0.1) is 6.26 Å². The summed E-state index contributed by atoms with van der Waals surface area (Å²) in [5.41, 5.74) is 7.06. The summed E-state index contributed by atoms with van der Waals surface area (Å²) < 4.78 is 10.7. The maximum absolute atomic E-state index is 12.8. The van der Waals surface area contributed by atoms with Gasteiger partial charge >= 0.3 is 6.01 Å². The summed E-state index contributed by atoms with van der Waals surface area (Å²) in [7, 11) is 0. The molecule has 6 heteroatoms. The molecule has 1 amide bonds. The van der Waals surface area contributed by atoms with Crippen molar-refractivity contribution < 1.29 is 13.6 Å². The van der Waals surface area contributed by atoms with Gasteiger partial charge in [0.25, 0.3) is 11.8 Å². The number of hydrogen-bond acceptors (Lipinski definition) is 5. The van der Waals surface area contributed by atoms with Crippen LogP contribution in [-0.4, -0.2) is 16.1 Å². The Kier molecular flexibility index (Phi) is 5.89. The van der Waals surface area contributed by atoms with Crippen LogP contribution >= 0.6 is 0 Å². The lowest BCUT2D eigenvalue weighted by molar-refractivity contribution is 0.102. The maximum atomic E-state index is 12.8. The molecule has 0 atom stereocenters. The topological polar surface area (TPSA) is 81.2 Å². The van der Waals surface area contributed by atoms with Crippen LogP contribution < -0.4 is 5.32 Å². The zero-order valence-electron chi connectivity index (χ0n) is 19.7. The number of aromatic nitrogens is 2. The zero-order chi connectivity index (χ0) is 25.0. The van der Waals surface area contributed by atoms with Crippen molar-refractivity contribution in [3.05, 3.63) is 127 Å². The lowest BCUT2D eigenvalue weighted by atomic mass is 9.96. The van der Waals surface area contributed by atoms with E-state index < -0.39 is 0 Å². The first-order valence-corrected chi connectivity index (χ1v) is 11.8. The molecule has 0 saturated carbocycles. The minimum absolute atomic E-state index is 0.00360. The Morgan fingerprint density at radius 3 is 1.89 bits per heavy atom. The third-order valence-electron chi connectivity index (χ3n) is 6.02. The van der Waals surface area contributed by atoms with E-state index in [4.69, 9.17) is 8.83 Å². The summed E-state index contributed by atoms with van der Waals surface area (Å²) in [6, 6.07) is 38.0. The first-order chi connectivity index (χ1) is 18.2. The summed E-state index contributed by atoms with van der Waals surface area (Å²) >= 11 is 0. The van der Waals surface area contributed by atoms with Gasteiger partial charge in [-0.2, -0.15) is 0 Å². The molecule has 6 rings (SSSR count). The summed E-state index contributed by atoms with van der Waals surface area (Å²) in [6.45, 7) is 0. The standard InChI is InChI=1S/C31H21N3O3/c35-29(32-31-34-33-30(37-31)28-13-6-18-36-28)27-12-5-11-26(20-27)23-16-14-22(15-17-23)25-10-4-9-24(19-25)21-7-2-1-3-8-21/h1-20H,(H,32,34,35). The molecular formula is C31H21N3O3. The summed E-state index contributed by atoms with van der Waals surface area (Å²) in [4.78, 5) is 12.8. The number of nitrogens with zero attached hydrogens (tertiary/aromatic N) is 2. The predicted octanol–water partition coefficient (Wildman–Crippen LogP) is 7.58. The molecule has 178 valence electrons. The average Bonchev–Trinajstić information content (AvgIpc) is 3.66. The summed E-state index contributed by atoms with van der Waals surface area (Å²) in [5, 5.41) is 10.4. The van der Waals surface area contributed by atoms with Gasteiger partial charge in [-0.15, -0.1) is 5.10 Å². The number of nitrogens with one attached hydrogen (secondary N) is 1. The van der Waals surface area contributed by atoms with Crippen LogP contribution in [-0.2, 0) is 0 Å². The monoisotopic (exact) mass is 483 g/mol. The van der Waals surface area contributed by atoms with E-state index in [1.807, 2.05) is 36.4 Å². The lowest BCUT2D eigenvalue weighted by Gasteiger charge is -2.09. The molecule has 0 aliphatic rings. The van der Waals surface area contributed by atoms with Gasteiger partial charge in [0.15, 0.2) is 5.76 Å². The van der Waals surface area contributed by atoms with Crippen molar-refractivity contribution in [3.63, 3.8) is 0 Å². The molecule has 0 aliphatic carbocycles. The van der Waals surface area contributed by atoms with Crippen LogP contribution in [0.15, 0.2) is 130 Å². The molecule has 0 bridgehead atoms. The van der Waals surface area contributed by atoms with Crippen LogP contribution in [0.3, 0.4) is 0 Å². The van der Waals surface area contributed by atoms with Crippen molar-refractivity contribution in [1.82, 2.24) is 10.2 Å². The van der Waals surface area contributed by atoms with Gasteiger partial charge in [-0.1, -0.05) is 90.0 Å². The van der Waals surface area contributed by atoms with Crippen molar-refractivity contribution in [2.75, 3.05) is 5.32 Å². The van der Waals surface area contributed by atoms with E-state index >= 15 is 0 Å². The first kappa shape index (κ1) is 22.2. The van der Waals surface area contributed by atoms with Crippen molar-refractivity contribution in [2.24, 2.45) is 0 Å². The molecule has 0 aliphatic heterocycles. The second-order valence-electron chi connectivity index (χ2n) is 8.45. The molecular weight excluding hydrogens is 462 g/mol. The normalized spacial score (nSPS) is 10.8. The highest BCUT2D eigenvalue weighted by molar-refractivity contribution is 6.03. The molecule has 6 nitrogen and oxygen atoms in total. The summed E-state index contributed by atoms with van der Waals surface area (Å²) in [6.07, 6.45) is 1.51. The predicted molar refractivity (Wildman–Crippen MR) is 143 cm³/mol. The fourth-order valence-electron chi connectivity index (χ4n) is 4.15. The first-order valence-electron chi connectivity index (χ1n) is 11.8. The Labute approximate surface area is 213 Å². The Morgan fingerprint density at radius 2 is 1.22 bits per heavy atom. The Bertz CT molecular complexity index is 1650. The van der Waals surface area contributed by atoms with Gasteiger partial charge in [-0.25, -0.2) is 0 Å². The van der Waals surface area contributed by atoms with Crippen LogP contribution in [0.25, 0.3) is 45.0 Å². The molecule has 2 heterocycles. The third-order valence-corrected chi connectivity index (χ3v) is 6.02. The maximum Gasteiger partial charge on any atom is 0.322 e. The molecule has 1 N–H and O–H groups in total.